The number of carbonyl (C=O) groups is 2. The van der Waals surface area contributed by atoms with Gasteiger partial charge in [0.1, 0.15) is 23.1 Å². The third kappa shape index (κ3) is 6.08. The Kier molecular flexibility index (Phi) is 8.00. The van der Waals surface area contributed by atoms with Crippen LogP contribution < -0.4 is 15.8 Å². The minimum absolute atomic E-state index is 0.0146. The number of hydrogen-bond acceptors (Lipinski definition) is 8. The number of alkyl halides is 3. The van der Waals surface area contributed by atoms with Gasteiger partial charge in [0.2, 0.25) is 5.89 Å². The van der Waals surface area contributed by atoms with Gasteiger partial charge in [0.05, 0.1) is 13.2 Å². The normalized spacial score (nSPS) is 15.5. The standard InChI is InChI=1S/C26H30F3N5O5/c1-13(2)31-25(36)38-15-9-11-34(12-10-15)24(35)21-22(14(3)30)39-23(33-21)17-5-7-18(37-4)20-16(17)6-8-19(32-20)26(27,28)29/h5-8,13-15H,9-12,30H2,1-4H3,(H,31,36)/t14-/m0/s1. The number of pyridine rings is 1. The highest BCUT2D eigenvalue weighted by Crippen LogP contribution is 2.37. The van der Waals surface area contributed by atoms with E-state index in [0.29, 0.717) is 36.9 Å². The number of fused-ring (bicyclic) bond motifs is 1. The van der Waals surface area contributed by atoms with Crippen LogP contribution in [0.25, 0.3) is 22.4 Å². The average Bonchev–Trinajstić information content (AvgIpc) is 3.32. The number of oxazole rings is 1. The van der Waals surface area contributed by atoms with Crippen LogP contribution in [-0.2, 0) is 10.9 Å². The van der Waals surface area contributed by atoms with Gasteiger partial charge in [-0.1, -0.05) is 0 Å². The van der Waals surface area contributed by atoms with Gasteiger partial charge in [-0.2, -0.15) is 13.2 Å². The van der Waals surface area contributed by atoms with Crippen LogP contribution in [0.1, 0.15) is 61.6 Å². The Labute approximate surface area is 222 Å². The number of nitrogens with zero attached hydrogens (tertiary/aromatic N) is 3. The second kappa shape index (κ2) is 11.1. The van der Waals surface area contributed by atoms with Crippen molar-refractivity contribution in [2.45, 2.75) is 58.0 Å². The van der Waals surface area contributed by atoms with E-state index in [2.05, 4.69) is 15.3 Å². The van der Waals surface area contributed by atoms with Gasteiger partial charge >= 0.3 is 12.3 Å². The molecule has 0 bridgehead atoms. The van der Waals surface area contributed by atoms with Gasteiger partial charge < -0.3 is 29.8 Å². The summed E-state index contributed by atoms with van der Waals surface area (Å²) in [5.74, 6) is -0.100. The van der Waals surface area contributed by atoms with E-state index < -0.39 is 29.9 Å². The summed E-state index contributed by atoms with van der Waals surface area (Å²) in [5.41, 5.74) is 5.34. The third-order valence-electron chi connectivity index (χ3n) is 6.24. The van der Waals surface area contributed by atoms with Gasteiger partial charge in [-0.05, 0) is 45.0 Å². The number of rotatable bonds is 6. The SMILES string of the molecule is COc1ccc(-c2nc(C(=O)N3CCC(OC(=O)NC(C)C)CC3)c([C@H](C)N)o2)c2ccc(C(F)(F)F)nc12. The molecule has 0 aliphatic carbocycles. The molecule has 2 amide bonds. The largest absolute Gasteiger partial charge is 0.494 e. The Balaban J connectivity index is 1.62. The van der Waals surface area contributed by atoms with E-state index in [1.165, 1.54) is 19.2 Å². The monoisotopic (exact) mass is 549 g/mol. The first-order valence-corrected chi connectivity index (χ1v) is 12.5. The molecule has 1 fully saturated rings. The first-order chi connectivity index (χ1) is 18.4. The summed E-state index contributed by atoms with van der Waals surface area (Å²) in [4.78, 5) is 35.1. The number of aromatic nitrogens is 2. The lowest BCUT2D eigenvalue weighted by molar-refractivity contribution is -0.140. The lowest BCUT2D eigenvalue weighted by atomic mass is 10.1. The number of likely N-dealkylation sites (tertiary alicyclic amines) is 1. The van der Waals surface area contributed by atoms with Crippen LogP contribution in [-0.4, -0.2) is 59.2 Å². The van der Waals surface area contributed by atoms with Crippen molar-refractivity contribution in [1.82, 2.24) is 20.2 Å². The highest BCUT2D eigenvalue weighted by molar-refractivity contribution is 5.98. The van der Waals surface area contributed by atoms with Crippen molar-refractivity contribution < 1.29 is 36.7 Å². The zero-order valence-electron chi connectivity index (χ0n) is 22.0. The second-order valence-corrected chi connectivity index (χ2v) is 9.62. The van der Waals surface area contributed by atoms with Crippen LogP contribution in [0.4, 0.5) is 18.0 Å². The molecule has 0 spiro atoms. The molecule has 1 saturated heterocycles. The van der Waals surface area contributed by atoms with Crippen molar-refractivity contribution in [3.63, 3.8) is 0 Å². The fraction of sp³-hybridized carbons (Fsp3) is 0.462. The van der Waals surface area contributed by atoms with Crippen LogP contribution in [0.2, 0.25) is 0 Å². The minimum atomic E-state index is -4.64. The van der Waals surface area contributed by atoms with Gasteiger partial charge in [0.25, 0.3) is 5.91 Å². The Morgan fingerprint density at radius 2 is 1.82 bits per heavy atom. The topological polar surface area (TPSA) is 133 Å². The predicted molar refractivity (Wildman–Crippen MR) is 135 cm³/mol. The summed E-state index contributed by atoms with van der Waals surface area (Å²) in [6.45, 7) is 5.95. The van der Waals surface area contributed by atoms with E-state index in [1.807, 2.05) is 13.8 Å². The number of carbonyl (C=O) groups excluding carboxylic acids is 2. The van der Waals surface area contributed by atoms with E-state index in [9.17, 15) is 22.8 Å². The van der Waals surface area contributed by atoms with Crippen LogP contribution in [0.5, 0.6) is 5.75 Å². The van der Waals surface area contributed by atoms with Crippen molar-refractivity contribution in [2.24, 2.45) is 5.73 Å². The molecule has 210 valence electrons. The summed E-state index contributed by atoms with van der Waals surface area (Å²) in [6.07, 6.45) is -4.57. The fourth-order valence-corrected chi connectivity index (χ4v) is 4.36. The molecule has 39 heavy (non-hydrogen) atoms. The summed E-state index contributed by atoms with van der Waals surface area (Å²) < 4.78 is 56.5. The Morgan fingerprint density at radius 1 is 1.13 bits per heavy atom. The fourth-order valence-electron chi connectivity index (χ4n) is 4.36. The minimum Gasteiger partial charge on any atom is -0.494 e. The van der Waals surface area contributed by atoms with Gasteiger partial charge in [0.15, 0.2) is 11.5 Å². The number of methoxy groups -OCH3 is 1. The third-order valence-corrected chi connectivity index (χ3v) is 6.24. The molecule has 0 unspecified atom stereocenters. The van der Waals surface area contributed by atoms with E-state index in [1.54, 1.807) is 17.9 Å². The van der Waals surface area contributed by atoms with Crippen molar-refractivity contribution in [2.75, 3.05) is 20.2 Å². The first kappa shape index (κ1) is 28.1. The molecule has 10 nitrogen and oxygen atoms in total. The molecule has 3 heterocycles. The van der Waals surface area contributed by atoms with Crippen LogP contribution >= 0.6 is 0 Å². The molecule has 13 heteroatoms. The summed E-state index contributed by atoms with van der Waals surface area (Å²) in [7, 11) is 1.33. The molecule has 1 aliphatic heterocycles. The van der Waals surface area contributed by atoms with Crippen molar-refractivity contribution in [3.8, 4) is 17.2 Å². The quantitative estimate of drug-likeness (QED) is 0.453. The summed E-state index contributed by atoms with van der Waals surface area (Å²) in [6, 6.07) is 4.42. The zero-order chi connectivity index (χ0) is 28.5. The average molecular weight is 550 g/mol. The van der Waals surface area contributed by atoms with Crippen molar-refractivity contribution in [1.29, 1.82) is 0 Å². The maximum absolute atomic E-state index is 13.4. The molecule has 3 N–H and O–H groups in total. The Bertz CT molecular complexity index is 1360. The van der Waals surface area contributed by atoms with Crippen LogP contribution in [0.15, 0.2) is 28.7 Å². The van der Waals surface area contributed by atoms with Gasteiger partial charge in [-0.3, -0.25) is 4.79 Å². The number of amides is 2. The number of alkyl carbamates (subject to hydrolysis) is 1. The number of nitrogens with one attached hydrogen (secondary N) is 1. The van der Waals surface area contributed by atoms with Crippen molar-refractivity contribution >= 4 is 22.9 Å². The molecule has 0 radical (unpaired) electrons. The molecule has 2 aromatic heterocycles. The van der Waals surface area contributed by atoms with Crippen molar-refractivity contribution in [3.05, 3.63) is 41.4 Å². The van der Waals surface area contributed by atoms with E-state index in [-0.39, 0.29) is 40.8 Å². The molecule has 1 aliphatic rings. The number of benzene rings is 1. The molecule has 0 saturated carbocycles. The smallest absolute Gasteiger partial charge is 0.433 e. The van der Waals surface area contributed by atoms with Gasteiger partial charge in [0, 0.05) is 42.9 Å². The number of nitrogens with two attached hydrogens (primary N) is 1. The number of halogens is 3. The maximum Gasteiger partial charge on any atom is 0.433 e. The summed E-state index contributed by atoms with van der Waals surface area (Å²) >= 11 is 0. The molecule has 3 aromatic rings. The maximum atomic E-state index is 13.4. The highest BCUT2D eigenvalue weighted by atomic mass is 19.4. The second-order valence-electron chi connectivity index (χ2n) is 9.62. The number of piperidine rings is 1. The molecule has 4 rings (SSSR count). The van der Waals surface area contributed by atoms with E-state index >= 15 is 0 Å². The molecular formula is C26H30F3N5O5. The molecule has 1 atom stereocenters. The molecule has 1 aromatic carbocycles. The van der Waals surface area contributed by atoms with E-state index in [0.717, 1.165) is 6.07 Å². The predicted octanol–water partition coefficient (Wildman–Crippen LogP) is 4.68. The molecular weight excluding hydrogens is 519 g/mol. The van der Waals surface area contributed by atoms with Crippen LogP contribution in [0.3, 0.4) is 0 Å². The lowest BCUT2D eigenvalue weighted by Crippen LogP contribution is -2.43. The van der Waals surface area contributed by atoms with Gasteiger partial charge in [-0.15, -0.1) is 0 Å². The number of hydrogen-bond donors (Lipinski definition) is 2. The van der Waals surface area contributed by atoms with E-state index in [4.69, 9.17) is 19.6 Å². The zero-order valence-corrected chi connectivity index (χ0v) is 22.0. The Hall–Kier alpha value is -3.87. The lowest BCUT2D eigenvalue weighted by Gasteiger charge is -2.31. The first-order valence-electron chi connectivity index (χ1n) is 12.5. The Morgan fingerprint density at radius 3 is 2.41 bits per heavy atom. The number of ether oxygens (including phenoxy) is 2. The van der Waals surface area contributed by atoms with Crippen LogP contribution in [0, 0.1) is 0 Å². The highest BCUT2D eigenvalue weighted by Gasteiger charge is 2.34. The van der Waals surface area contributed by atoms with Gasteiger partial charge in [-0.25, -0.2) is 14.8 Å². The summed E-state index contributed by atoms with van der Waals surface area (Å²) in [5, 5.41) is 2.97.